The fraction of sp³-hybridized carbons (Fsp3) is 0.588. The predicted molar refractivity (Wildman–Crippen MR) is 313 cm³/mol. The Balaban J connectivity index is 0.000000902. The second kappa shape index (κ2) is 44.8. The van der Waals surface area contributed by atoms with Gasteiger partial charge in [-0.05, 0) is 97.9 Å². The summed E-state index contributed by atoms with van der Waals surface area (Å²) in [7, 11) is 0. The fourth-order valence-electron chi connectivity index (χ4n) is 10.1. The molecular weight excluding hydrogens is 983 g/mol. The SMILES string of the molecule is CCCCCCCCCCCCCCCCCCCCCCCCC1=C(c2cccc(CCCCC)c2)[N+](=[N-])C(c2cccc(CCCCC)c2)=C1CCCC.OCc1ccccc1.OCc1ccccc1.[Pd]. The van der Waals surface area contributed by atoms with Crippen LogP contribution in [0.5, 0.6) is 0 Å². The van der Waals surface area contributed by atoms with E-state index in [1.165, 1.54) is 213 Å². The molecule has 1 aliphatic rings. The van der Waals surface area contributed by atoms with Crippen LogP contribution in [0.15, 0.2) is 120 Å². The number of hydrogen-bond donors (Lipinski definition) is 2. The van der Waals surface area contributed by atoms with Crippen molar-refractivity contribution in [1.82, 2.24) is 0 Å². The summed E-state index contributed by atoms with van der Waals surface area (Å²) in [5.74, 6) is 0. The van der Waals surface area contributed by atoms with Crippen LogP contribution in [0.25, 0.3) is 16.9 Å². The number of nitrogens with zero attached hydrogens (tertiary/aromatic N) is 2. The average Bonchev–Trinajstić information content (AvgIpc) is 3.70. The number of benzene rings is 4. The summed E-state index contributed by atoms with van der Waals surface area (Å²) in [6.07, 6.45) is 45.2. The molecule has 4 aromatic carbocycles. The minimum Gasteiger partial charge on any atom is -0.493 e. The van der Waals surface area contributed by atoms with Gasteiger partial charge < -0.3 is 15.7 Å². The summed E-state index contributed by atoms with van der Waals surface area (Å²) < 4.78 is 1.61. The first-order valence-electron chi connectivity index (χ1n) is 29.9. The maximum atomic E-state index is 12.2. The van der Waals surface area contributed by atoms with E-state index < -0.39 is 0 Å². The van der Waals surface area contributed by atoms with E-state index in [4.69, 9.17) is 10.2 Å². The van der Waals surface area contributed by atoms with Crippen molar-refractivity contribution in [3.8, 4) is 0 Å². The predicted octanol–water partition coefficient (Wildman–Crippen LogP) is 20.9. The summed E-state index contributed by atoms with van der Waals surface area (Å²) in [6, 6.07) is 37.2. The third-order valence-corrected chi connectivity index (χ3v) is 14.5. The molecule has 0 saturated heterocycles. The molecule has 0 amide bonds. The molecule has 0 radical (unpaired) electrons. The van der Waals surface area contributed by atoms with Gasteiger partial charge in [0.2, 0.25) is 11.4 Å². The maximum absolute atomic E-state index is 12.2. The number of hydrogen-bond acceptors (Lipinski definition) is 2. The normalized spacial score (nSPS) is 12.1. The van der Waals surface area contributed by atoms with Gasteiger partial charge in [-0.2, -0.15) is 0 Å². The van der Waals surface area contributed by atoms with E-state index in [0.717, 1.165) is 61.0 Å². The first-order chi connectivity index (χ1) is 35.5. The maximum Gasteiger partial charge on any atom is 0.211 e. The minimum atomic E-state index is 0. The summed E-state index contributed by atoms with van der Waals surface area (Å²) in [6.45, 7) is 9.44. The Hall–Kier alpha value is -3.46. The van der Waals surface area contributed by atoms with E-state index in [0.29, 0.717) is 0 Å². The molecular formula is C68H104N2O2Pd. The van der Waals surface area contributed by atoms with Crippen LogP contribution in [-0.4, -0.2) is 14.9 Å². The first kappa shape index (κ1) is 65.7. The second-order valence-corrected chi connectivity index (χ2v) is 20.8. The standard InChI is InChI=1S/C54H88N2.2C7H8O.Pd/c1-5-9-13-14-15-16-17-18-19-20-21-22-23-24-25-26-27-28-29-30-31-34-44-52-51(43-12-8-4)53(49-41-35-39-47(45-49)37-32-10-6-2)56(55)54(52)50-42-36-40-48(46-50)38-33-11-7-3;2*8-6-7-4-2-1-3-5-7;/h35-36,39-42,45-46H,5-34,37-38,43-44H2,1-4H3;2*1-5,8H,6H2;. The third kappa shape index (κ3) is 28.9. The van der Waals surface area contributed by atoms with Gasteiger partial charge in [-0.15, -0.1) is 0 Å². The second-order valence-electron chi connectivity index (χ2n) is 20.8. The summed E-state index contributed by atoms with van der Waals surface area (Å²) in [5, 5.41) is 17.1. The molecule has 0 aromatic heterocycles. The molecule has 4 nitrogen and oxygen atoms in total. The zero-order chi connectivity index (χ0) is 51.5. The van der Waals surface area contributed by atoms with Crippen molar-refractivity contribution in [3.63, 3.8) is 0 Å². The van der Waals surface area contributed by atoms with Gasteiger partial charge in [0.25, 0.3) is 0 Å². The molecule has 5 heteroatoms. The van der Waals surface area contributed by atoms with Gasteiger partial charge in [0.1, 0.15) is 0 Å². The van der Waals surface area contributed by atoms with Crippen LogP contribution in [0.1, 0.15) is 267 Å². The Labute approximate surface area is 462 Å². The quantitative estimate of drug-likeness (QED) is 0.0267. The van der Waals surface area contributed by atoms with E-state index in [-0.39, 0.29) is 33.6 Å². The Morgan fingerprint density at radius 3 is 0.904 bits per heavy atom. The molecule has 0 fully saturated rings. The van der Waals surface area contributed by atoms with Crippen molar-refractivity contribution in [1.29, 1.82) is 0 Å². The molecule has 408 valence electrons. The number of aryl methyl sites for hydroxylation is 2. The molecule has 0 bridgehead atoms. The molecule has 73 heavy (non-hydrogen) atoms. The van der Waals surface area contributed by atoms with Gasteiger partial charge in [0.05, 0.1) is 13.2 Å². The third-order valence-electron chi connectivity index (χ3n) is 14.5. The van der Waals surface area contributed by atoms with Crippen LogP contribution in [0.2, 0.25) is 0 Å². The Kier molecular flexibility index (Phi) is 40.3. The summed E-state index contributed by atoms with van der Waals surface area (Å²) in [4.78, 5) is 0. The Morgan fingerprint density at radius 1 is 0.315 bits per heavy atom. The van der Waals surface area contributed by atoms with Crippen molar-refractivity contribution >= 4 is 11.4 Å². The number of rotatable bonds is 38. The fourth-order valence-corrected chi connectivity index (χ4v) is 10.1. The van der Waals surface area contributed by atoms with Gasteiger partial charge in [-0.3, -0.25) is 0 Å². The van der Waals surface area contributed by atoms with Crippen LogP contribution in [0, 0.1) is 0 Å². The number of aliphatic hydroxyl groups is 2. The first-order valence-corrected chi connectivity index (χ1v) is 29.9. The van der Waals surface area contributed by atoms with Gasteiger partial charge in [0, 0.05) is 42.7 Å². The van der Waals surface area contributed by atoms with E-state index in [1.54, 1.807) is 4.70 Å². The van der Waals surface area contributed by atoms with Crippen LogP contribution in [0.3, 0.4) is 0 Å². The van der Waals surface area contributed by atoms with E-state index >= 15 is 0 Å². The molecule has 2 N–H and O–H groups in total. The number of aliphatic hydroxyl groups excluding tert-OH is 2. The molecule has 5 rings (SSSR count). The molecule has 0 aliphatic carbocycles. The molecule has 0 saturated carbocycles. The minimum absolute atomic E-state index is 0. The zero-order valence-electron chi connectivity index (χ0n) is 47.0. The van der Waals surface area contributed by atoms with Crippen LogP contribution in [0.4, 0.5) is 0 Å². The molecule has 1 heterocycles. The average molecular weight is 1090 g/mol. The molecule has 0 unspecified atom stereocenters. The van der Waals surface area contributed by atoms with Gasteiger partial charge >= 0.3 is 0 Å². The van der Waals surface area contributed by atoms with E-state index in [1.807, 2.05) is 60.7 Å². The van der Waals surface area contributed by atoms with Crippen molar-refractivity contribution in [3.05, 3.63) is 159 Å². The van der Waals surface area contributed by atoms with Crippen molar-refractivity contribution in [2.45, 2.75) is 259 Å². The summed E-state index contributed by atoms with van der Waals surface area (Å²) >= 11 is 0. The monoisotopic (exact) mass is 1090 g/mol. The van der Waals surface area contributed by atoms with Crippen molar-refractivity contribution in [2.75, 3.05) is 0 Å². The molecule has 0 atom stereocenters. The van der Waals surface area contributed by atoms with Crippen LogP contribution >= 0.6 is 0 Å². The topological polar surface area (TPSA) is 65.8 Å². The van der Waals surface area contributed by atoms with Crippen molar-refractivity contribution in [2.24, 2.45) is 0 Å². The van der Waals surface area contributed by atoms with E-state index in [2.05, 4.69) is 76.2 Å². The smallest absolute Gasteiger partial charge is 0.211 e. The van der Waals surface area contributed by atoms with Gasteiger partial charge in [-0.1, -0.05) is 280 Å². The molecule has 1 aliphatic heterocycles. The largest absolute Gasteiger partial charge is 0.493 e. The van der Waals surface area contributed by atoms with Crippen LogP contribution < -0.4 is 0 Å². The van der Waals surface area contributed by atoms with Crippen LogP contribution in [-0.2, 0) is 46.5 Å². The van der Waals surface area contributed by atoms with Gasteiger partial charge in [-0.25, -0.2) is 4.70 Å². The number of allylic oxidation sites excluding steroid dienone is 2. The zero-order valence-corrected chi connectivity index (χ0v) is 48.5. The molecule has 4 aromatic rings. The van der Waals surface area contributed by atoms with E-state index in [9.17, 15) is 5.53 Å². The number of unbranched alkanes of at least 4 members (excludes halogenated alkanes) is 26. The van der Waals surface area contributed by atoms with Gasteiger partial charge in [0.15, 0.2) is 0 Å². The molecule has 0 spiro atoms. The van der Waals surface area contributed by atoms with Crippen molar-refractivity contribution < 1.29 is 35.3 Å². The Morgan fingerprint density at radius 2 is 0.589 bits per heavy atom. The Bertz CT molecular complexity index is 1970. The summed E-state index contributed by atoms with van der Waals surface area (Å²) in [5.41, 5.74) is 24.1.